The summed E-state index contributed by atoms with van der Waals surface area (Å²) < 4.78 is 4.18. The summed E-state index contributed by atoms with van der Waals surface area (Å²) in [6, 6.07) is 6.03. The van der Waals surface area contributed by atoms with Gasteiger partial charge in [-0.3, -0.25) is 0 Å². The van der Waals surface area contributed by atoms with Gasteiger partial charge in [0.25, 0.3) is 0 Å². The number of benzene rings is 1. The molecule has 1 aromatic heterocycles. The Hall–Kier alpha value is -0.940. The minimum absolute atomic E-state index is 0.0455. The van der Waals surface area contributed by atoms with Crippen LogP contribution in [-0.4, -0.2) is 5.97 Å². The normalized spacial score (nSPS) is 10.9. The summed E-state index contributed by atoms with van der Waals surface area (Å²) in [6.45, 7) is 2.46. The van der Waals surface area contributed by atoms with Crippen LogP contribution in [0.1, 0.15) is 11.4 Å². The Bertz CT molecular complexity index is 550. The number of fused-ring (bicyclic) bond motifs is 1. The number of carbonyl (C=O) groups excluding carboxylic acids is 1. The average Bonchev–Trinajstić information content (AvgIpc) is 2.51. The maximum Gasteiger partial charge on any atom is 0.235 e. The lowest BCUT2D eigenvalue weighted by molar-refractivity contribution is -0.672. The predicted molar refractivity (Wildman–Crippen MR) is 64.1 cm³/mol. The van der Waals surface area contributed by atoms with Gasteiger partial charge in [-0.25, -0.2) is 0 Å². The molecule has 0 atom stereocenters. The molecule has 84 valence electrons. The minimum Gasteiger partial charge on any atom is -0.550 e. The molecule has 1 aromatic carbocycles. The Balaban J connectivity index is 2.45. The van der Waals surface area contributed by atoms with Crippen molar-refractivity contribution in [3.8, 4) is 0 Å². The van der Waals surface area contributed by atoms with Crippen molar-refractivity contribution < 1.29 is 14.5 Å². The van der Waals surface area contributed by atoms with Gasteiger partial charge in [0.1, 0.15) is 4.70 Å². The molecular formula is C11H10BrNO2S. The monoisotopic (exact) mass is 299 g/mol. The second-order valence-corrected chi connectivity index (χ2v) is 5.66. The third kappa shape index (κ3) is 2.25. The van der Waals surface area contributed by atoms with Crippen LogP contribution >= 0.6 is 27.3 Å². The van der Waals surface area contributed by atoms with E-state index in [-0.39, 0.29) is 6.42 Å². The maximum atomic E-state index is 10.5. The van der Waals surface area contributed by atoms with Crippen molar-refractivity contribution in [3.63, 3.8) is 0 Å². The van der Waals surface area contributed by atoms with Gasteiger partial charge in [-0.2, -0.15) is 4.57 Å². The fourth-order valence-electron chi connectivity index (χ4n) is 1.65. The maximum absolute atomic E-state index is 10.5. The molecule has 2 rings (SSSR count). The molecule has 16 heavy (non-hydrogen) atoms. The third-order valence-corrected chi connectivity index (χ3v) is 3.96. The van der Waals surface area contributed by atoms with Crippen molar-refractivity contribution in [2.24, 2.45) is 0 Å². The molecule has 3 nitrogen and oxygen atoms in total. The molecule has 0 spiro atoms. The summed E-state index contributed by atoms with van der Waals surface area (Å²) in [6.07, 6.45) is 0.0455. The van der Waals surface area contributed by atoms with Gasteiger partial charge >= 0.3 is 0 Å². The van der Waals surface area contributed by atoms with Crippen LogP contribution < -0.4 is 9.67 Å². The highest BCUT2D eigenvalue weighted by molar-refractivity contribution is 9.10. The number of aromatic nitrogens is 1. The smallest absolute Gasteiger partial charge is 0.235 e. The fourth-order valence-corrected chi connectivity index (χ4v) is 3.03. The standard InChI is InChI=1S/C11H10BrNO2S/c1-7-13(5-4-11(14)15)9-6-8(12)2-3-10(9)16-7/h2-3,6H,4-5H2,1H3. The number of thiazole rings is 1. The number of carboxylic acid groups (broad SMARTS) is 1. The van der Waals surface area contributed by atoms with E-state index in [1.165, 1.54) is 4.70 Å². The molecule has 0 radical (unpaired) electrons. The molecule has 0 unspecified atom stereocenters. The predicted octanol–water partition coefficient (Wildman–Crippen LogP) is 1.40. The molecule has 0 saturated heterocycles. The number of rotatable bonds is 3. The third-order valence-electron chi connectivity index (χ3n) is 2.39. The van der Waals surface area contributed by atoms with Gasteiger partial charge in [-0.15, -0.1) is 0 Å². The molecule has 0 fully saturated rings. The molecule has 0 N–H and O–H groups in total. The number of halogens is 1. The Labute approximate surface area is 105 Å². The van der Waals surface area contributed by atoms with Crippen LogP contribution in [0.25, 0.3) is 10.2 Å². The van der Waals surface area contributed by atoms with Crippen LogP contribution in [-0.2, 0) is 11.3 Å². The van der Waals surface area contributed by atoms with Crippen molar-refractivity contribution in [1.82, 2.24) is 0 Å². The average molecular weight is 300 g/mol. The van der Waals surface area contributed by atoms with Crippen LogP contribution in [0.5, 0.6) is 0 Å². The molecule has 0 saturated carbocycles. The van der Waals surface area contributed by atoms with Crippen molar-refractivity contribution in [2.45, 2.75) is 19.9 Å². The number of aliphatic carboxylic acids is 1. The van der Waals surface area contributed by atoms with E-state index in [0.29, 0.717) is 6.54 Å². The first-order valence-electron chi connectivity index (χ1n) is 4.86. The Morgan fingerprint density at radius 2 is 2.31 bits per heavy atom. The van der Waals surface area contributed by atoms with Crippen LogP contribution in [0.2, 0.25) is 0 Å². The van der Waals surface area contributed by atoms with Crippen molar-refractivity contribution >= 4 is 43.5 Å². The van der Waals surface area contributed by atoms with E-state index in [9.17, 15) is 9.90 Å². The van der Waals surface area contributed by atoms with Gasteiger partial charge < -0.3 is 9.90 Å². The van der Waals surface area contributed by atoms with Crippen LogP contribution in [0.3, 0.4) is 0 Å². The van der Waals surface area contributed by atoms with E-state index in [4.69, 9.17) is 0 Å². The van der Waals surface area contributed by atoms with Gasteiger partial charge in [0, 0.05) is 29.9 Å². The lowest BCUT2D eigenvalue weighted by atomic mass is 10.3. The largest absolute Gasteiger partial charge is 0.550 e. The van der Waals surface area contributed by atoms with E-state index in [1.54, 1.807) is 11.3 Å². The first-order valence-corrected chi connectivity index (χ1v) is 6.47. The van der Waals surface area contributed by atoms with Gasteiger partial charge in [0.15, 0.2) is 6.54 Å². The summed E-state index contributed by atoms with van der Waals surface area (Å²) in [5.41, 5.74) is 1.07. The zero-order valence-corrected chi connectivity index (χ0v) is 11.1. The number of aryl methyl sites for hydroxylation is 2. The van der Waals surface area contributed by atoms with Crippen molar-refractivity contribution in [2.75, 3.05) is 0 Å². The molecule has 0 amide bonds. The van der Waals surface area contributed by atoms with Gasteiger partial charge in [-0.1, -0.05) is 27.3 Å². The number of carbonyl (C=O) groups is 1. The zero-order valence-electron chi connectivity index (χ0n) is 8.70. The highest BCUT2D eigenvalue weighted by Crippen LogP contribution is 2.23. The zero-order chi connectivity index (χ0) is 11.7. The quantitative estimate of drug-likeness (QED) is 0.804. The Kier molecular flexibility index (Phi) is 3.25. The number of carboxylic acids is 1. The van der Waals surface area contributed by atoms with Crippen LogP contribution in [0.15, 0.2) is 22.7 Å². The lowest BCUT2D eigenvalue weighted by Crippen LogP contribution is -2.38. The van der Waals surface area contributed by atoms with Crippen molar-refractivity contribution in [3.05, 3.63) is 27.7 Å². The summed E-state index contributed by atoms with van der Waals surface area (Å²) in [7, 11) is 0. The molecular weight excluding hydrogens is 290 g/mol. The van der Waals surface area contributed by atoms with Gasteiger partial charge in [0.2, 0.25) is 10.5 Å². The van der Waals surface area contributed by atoms with E-state index in [2.05, 4.69) is 15.9 Å². The van der Waals surface area contributed by atoms with Gasteiger partial charge in [0.05, 0.1) is 0 Å². The van der Waals surface area contributed by atoms with E-state index < -0.39 is 5.97 Å². The number of nitrogens with zero attached hydrogens (tertiary/aromatic N) is 1. The van der Waals surface area contributed by atoms with Crippen LogP contribution in [0, 0.1) is 6.92 Å². The van der Waals surface area contributed by atoms with Gasteiger partial charge in [-0.05, 0) is 12.1 Å². The minimum atomic E-state index is -1.01. The summed E-state index contributed by atoms with van der Waals surface area (Å²) in [5, 5.41) is 11.6. The second kappa shape index (κ2) is 4.51. The highest BCUT2D eigenvalue weighted by atomic mass is 79.9. The van der Waals surface area contributed by atoms with E-state index >= 15 is 0 Å². The summed E-state index contributed by atoms with van der Waals surface area (Å²) >= 11 is 5.09. The first kappa shape index (κ1) is 11.5. The lowest BCUT2D eigenvalue weighted by Gasteiger charge is -1.98. The van der Waals surface area contributed by atoms with E-state index in [1.807, 2.05) is 29.7 Å². The molecule has 0 aliphatic heterocycles. The molecule has 5 heteroatoms. The molecule has 0 aliphatic carbocycles. The Morgan fingerprint density at radius 3 is 3.00 bits per heavy atom. The topological polar surface area (TPSA) is 44.0 Å². The van der Waals surface area contributed by atoms with E-state index in [0.717, 1.165) is 15.0 Å². The number of hydrogen-bond donors (Lipinski definition) is 0. The SMILES string of the molecule is Cc1sc2ccc(Br)cc2[n+]1CCC(=O)[O-]. The van der Waals surface area contributed by atoms with Crippen molar-refractivity contribution in [1.29, 1.82) is 0 Å². The summed E-state index contributed by atoms with van der Waals surface area (Å²) in [5.74, 6) is -1.01. The highest BCUT2D eigenvalue weighted by Gasteiger charge is 2.16. The molecule has 0 aliphatic rings. The Morgan fingerprint density at radius 1 is 1.56 bits per heavy atom. The summed E-state index contributed by atoms with van der Waals surface area (Å²) in [4.78, 5) is 10.5. The number of hydrogen-bond acceptors (Lipinski definition) is 3. The first-order chi connectivity index (χ1) is 7.58. The molecule has 2 aromatic rings. The fraction of sp³-hybridized carbons (Fsp3) is 0.273. The second-order valence-electron chi connectivity index (χ2n) is 3.51. The molecule has 0 bridgehead atoms. The van der Waals surface area contributed by atoms with Crippen LogP contribution in [0.4, 0.5) is 0 Å². The molecule has 1 heterocycles.